The Bertz CT molecular complexity index is 55.3. The Morgan fingerprint density at radius 3 is 2.08 bits per heavy atom. The third-order valence-corrected chi connectivity index (χ3v) is 1.40. The van der Waals surface area contributed by atoms with E-state index in [1.807, 2.05) is 13.8 Å². The van der Waals surface area contributed by atoms with E-state index < -0.39 is 0 Å². The van der Waals surface area contributed by atoms with E-state index in [-0.39, 0.29) is 6.61 Å². The van der Waals surface area contributed by atoms with Crippen LogP contribution in [0.2, 0.25) is 0 Å². The predicted octanol–water partition coefficient (Wildman–Crippen LogP) is 0.676. The molecule has 0 aliphatic carbocycles. The second kappa shape index (κ2) is 13.5. The van der Waals surface area contributed by atoms with Crippen LogP contribution in [0.3, 0.4) is 0 Å². The van der Waals surface area contributed by atoms with Crippen molar-refractivity contribution in [3.05, 3.63) is 0 Å². The maximum Gasteiger partial charge on any atom is 0.0558 e. The van der Waals surface area contributed by atoms with Gasteiger partial charge in [0.15, 0.2) is 0 Å². The number of nitrogens with two attached hydrogens (primary N) is 1. The average molecular weight is 176 g/mol. The number of nitrogens with zero attached hydrogens (tertiary/aromatic N) is 1. The molecule has 0 spiro atoms. The molecular weight excluding hydrogens is 152 g/mol. The van der Waals surface area contributed by atoms with Gasteiger partial charge in [-0.25, -0.2) is 0 Å². The van der Waals surface area contributed by atoms with Gasteiger partial charge in [-0.1, -0.05) is 20.8 Å². The van der Waals surface area contributed by atoms with E-state index in [0.717, 1.165) is 26.1 Å². The second-order valence-corrected chi connectivity index (χ2v) is 2.35. The largest absolute Gasteiger partial charge is 0.395 e. The molecule has 0 amide bonds. The molecule has 0 rings (SSSR count). The molecule has 0 unspecified atom stereocenters. The first-order chi connectivity index (χ1) is 5.85. The summed E-state index contributed by atoms with van der Waals surface area (Å²) >= 11 is 0. The van der Waals surface area contributed by atoms with Crippen LogP contribution >= 0.6 is 0 Å². The van der Waals surface area contributed by atoms with Crippen LogP contribution in [0.5, 0.6) is 0 Å². The van der Waals surface area contributed by atoms with Crippen LogP contribution in [0.4, 0.5) is 0 Å². The number of hydrogen-bond acceptors (Lipinski definition) is 3. The zero-order chi connectivity index (χ0) is 9.82. The third kappa shape index (κ3) is 9.88. The summed E-state index contributed by atoms with van der Waals surface area (Å²) in [5.41, 5.74) is 5.37. The van der Waals surface area contributed by atoms with Gasteiger partial charge in [-0.05, 0) is 13.0 Å². The van der Waals surface area contributed by atoms with Crippen molar-refractivity contribution in [2.45, 2.75) is 27.2 Å². The van der Waals surface area contributed by atoms with E-state index >= 15 is 0 Å². The molecule has 0 atom stereocenters. The Balaban J connectivity index is 0. The molecule has 0 saturated heterocycles. The minimum absolute atomic E-state index is 0.236. The molecule has 0 aliphatic heterocycles. The maximum atomic E-state index is 8.61. The van der Waals surface area contributed by atoms with E-state index in [2.05, 4.69) is 11.8 Å². The van der Waals surface area contributed by atoms with Crippen molar-refractivity contribution in [1.29, 1.82) is 0 Å². The molecule has 0 saturated carbocycles. The van der Waals surface area contributed by atoms with Gasteiger partial charge in [0, 0.05) is 19.6 Å². The van der Waals surface area contributed by atoms with E-state index in [9.17, 15) is 0 Å². The van der Waals surface area contributed by atoms with Gasteiger partial charge in [-0.15, -0.1) is 0 Å². The van der Waals surface area contributed by atoms with Crippen LogP contribution in [0.1, 0.15) is 27.2 Å². The molecule has 0 aliphatic rings. The first-order valence-electron chi connectivity index (χ1n) is 4.88. The summed E-state index contributed by atoms with van der Waals surface area (Å²) in [6.07, 6.45) is 1.12. The molecule has 3 nitrogen and oxygen atoms in total. The Morgan fingerprint density at radius 2 is 1.75 bits per heavy atom. The molecule has 0 aromatic heterocycles. The monoisotopic (exact) mass is 176 g/mol. The molecule has 0 bridgehead atoms. The van der Waals surface area contributed by atoms with Gasteiger partial charge in [0.1, 0.15) is 0 Å². The fraction of sp³-hybridized carbons (Fsp3) is 1.00. The molecule has 0 aromatic carbocycles. The van der Waals surface area contributed by atoms with Gasteiger partial charge in [-0.2, -0.15) is 0 Å². The minimum Gasteiger partial charge on any atom is -0.395 e. The lowest BCUT2D eigenvalue weighted by Crippen LogP contribution is -2.32. The molecule has 3 heteroatoms. The van der Waals surface area contributed by atoms with Gasteiger partial charge in [0.05, 0.1) is 6.61 Å². The van der Waals surface area contributed by atoms with Gasteiger partial charge >= 0.3 is 0 Å². The molecule has 76 valence electrons. The zero-order valence-corrected chi connectivity index (χ0v) is 8.71. The Hall–Kier alpha value is -0.120. The molecule has 0 radical (unpaired) electrons. The summed E-state index contributed by atoms with van der Waals surface area (Å²) in [7, 11) is 0. The van der Waals surface area contributed by atoms with Crippen molar-refractivity contribution in [3.63, 3.8) is 0 Å². The van der Waals surface area contributed by atoms with Crippen LogP contribution in [0.15, 0.2) is 0 Å². The molecular formula is C9H24N2O. The van der Waals surface area contributed by atoms with Crippen LogP contribution in [0, 0.1) is 0 Å². The SMILES string of the molecule is CC.CCCN(CCN)CCO. The van der Waals surface area contributed by atoms with Crippen molar-refractivity contribution >= 4 is 0 Å². The first-order valence-corrected chi connectivity index (χ1v) is 4.88. The second-order valence-electron chi connectivity index (χ2n) is 2.35. The molecule has 12 heavy (non-hydrogen) atoms. The minimum atomic E-state index is 0.236. The summed E-state index contributed by atoms with van der Waals surface area (Å²) in [6.45, 7) is 9.73. The Labute approximate surface area is 76.6 Å². The number of rotatable bonds is 6. The van der Waals surface area contributed by atoms with E-state index in [0.29, 0.717) is 6.54 Å². The lowest BCUT2D eigenvalue weighted by molar-refractivity contribution is 0.199. The summed E-state index contributed by atoms with van der Waals surface area (Å²) in [5.74, 6) is 0. The maximum absolute atomic E-state index is 8.61. The van der Waals surface area contributed by atoms with Crippen LogP contribution < -0.4 is 5.73 Å². The summed E-state index contributed by atoms with van der Waals surface area (Å²) < 4.78 is 0. The van der Waals surface area contributed by atoms with Gasteiger partial charge in [0.25, 0.3) is 0 Å². The lowest BCUT2D eigenvalue weighted by Gasteiger charge is -2.18. The average Bonchev–Trinajstić information content (AvgIpc) is 2.10. The smallest absolute Gasteiger partial charge is 0.0558 e. The van der Waals surface area contributed by atoms with E-state index in [1.165, 1.54) is 0 Å². The third-order valence-electron chi connectivity index (χ3n) is 1.40. The summed E-state index contributed by atoms with van der Waals surface area (Å²) in [4.78, 5) is 2.17. The van der Waals surface area contributed by atoms with Crippen LogP contribution in [-0.2, 0) is 0 Å². The Kier molecular flexibility index (Phi) is 16.2. The quantitative estimate of drug-likeness (QED) is 0.625. The van der Waals surface area contributed by atoms with E-state index in [1.54, 1.807) is 0 Å². The van der Waals surface area contributed by atoms with Crippen molar-refractivity contribution in [3.8, 4) is 0 Å². The van der Waals surface area contributed by atoms with Crippen LogP contribution in [-0.4, -0.2) is 42.8 Å². The highest BCUT2D eigenvalue weighted by Crippen LogP contribution is 1.88. The van der Waals surface area contributed by atoms with Crippen molar-refractivity contribution in [1.82, 2.24) is 4.90 Å². The fourth-order valence-electron chi connectivity index (χ4n) is 0.976. The fourth-order valence-corrected chi connectivity index (χ4v) is 0.976. The predicted molar refractivity (Wildman–Crippen MR) is 54.2 cm³/mol. The van der Waals surface area contributed by atoms with Crippen molar-refractivity contribution in [2.75, 3.05) is 32.8 Å². The summed E-state index contributed by atoms with van der Waals surface area (Å²) in [6, 6.07) is 0. The molecule has 0 heterocycles. The normalized spacial score (nSPS) is 9.50. The van der Waals surface area contributed by atoms with E-state index in [4.69, 9.17) is 10.8 Å². The van der Waals surface area contributed by atoms with Crippen molar-refractivity contribution < 1.29 is 5.11 Å². The Morgan fingerprint density at radius 1 is 1.17 bits per heavy atom. The number of aliphatic hydroxyl groups is 1. The van der Waals surface area contributed by atoms with Gasteiger partial charge in [0.2, 0.25) is 0 Å². The first kappa shape index (κ1) is 14.4. The zero-order valence-electron chi connectivity index (χ0n) is 8.71. The topological polar surface area (TPSA) is 49.5 Å². The standard InChI is InChI=1S/C7H18N2O.C2H6/c1-2-4-9(5-3-8)6-7-10;1-2/h10H,2-8H2,1H3;1-2H3. The van der Waals surface area contributed by atoms with Gasteiger partial charge in [-0.3, -0.25) is 4.90 Å². The van der Waals surface area contributed by atoms with Gasteiger partial charge < -0.3 is 10.8 Å². The molecule has 3 N–H and O–H groups in total. The highest BCUT2D eigenvalue weighted by molar-refractivity contribution is 4.55. The lowest BCUT2D eigenvalue weighted by atomic mass is 10.4. The highest BCUT2D eigenvalue weighted by atomic mass is 16.3. The highest BCUT2D eigenvalue weighted by Gasteiger charge is 1.99. The number of aliphatic hydroxyl groups excluding tert-OH is 1. The number of hydrogen-bond donors (Lipinski definition) is 2. The van der Waals surface area contributed by atoms with Crippen molar-refractivity contribution in [2.24, 2.45) is 5.73 Å². The molecule has 0 fully saturated rings. The summed E-state index contributed by atoms with van der Waals surface area (Å²) in [5, 5.41) is 8.61. The molecule has 0 aromatic rings. The van der Waals surface area contributed by atoms with Crippen LogP contribution in [0.25, 0.3) is 0 Å².